The van der Waals surface area contributed by atoms with E-state index in [9.17, 15) is 35.3 Å². The highest BCUT2D eigenvalue weighted by Crippen LogP contribution is 2.40. The average Bonchev–Trinajstić information content (AvgIpc) is 3.71. The maximum atomic E-state index is 12.7. The fourth-order valence-corrected chi connectivity index (χ4v) is 5.89. The zero-order valence-electron chi connectivity index (χ0n) is 26.7. The van der Waals surface area contributed by atoms with E-state index in [1.54, 1.807) is 41.2 Å². The Morgan fingerprint density at radius 3 is 2.15 bits per heavy atom. The van der Waals surface area contributed by atoms with E-state index in [1.807, 2.05) is 24.3 Å². The molecule has 0 saturated carbocycles. The molecule has 0 saturated heterocycles. The number of carbonyl (C=O) groups excluding carboxylic acids is 1. The first-order chi connectivity index (χ1) is 24.9. The Balaban J connectivity index is 0.000000237. The molecule has 280 valence electrons. The van der Waals surface area contributed by atoms with E-state index < -0.39 is 66.3 Å². The Morgan fingerprint density at radius 1 is 0.981 bits per heavy atom. The van der Waals surface area contributed by atoms with Gasteiger partial charge in [0.05, 0.1) is 41.2 Å². The molecule has 0 aliphatic rings. The molecule has 0 bridgehead atoms. The number of nitrogens with zero attached hydrogens (tertiary/aromatic N) is 6. The molecule has 2 N–H and O–H groups in total. The highest BCUT2D eigenvalue weighted by molar-refractivity contribution is 7.86. The van der Waals surface area contributed by atoms with Crippen molar-refractivity contribution in [3.63, 3.8) is 0 Å². The summed E-state index contributed by atoms with van der Waals surface area (Å²) in [5.74, 6) is -0.456. The van der Waals surface area contributed by atoms with Gasteiger partial charge in [-0.25, -0.2) is 18.4 Å². The van der Waals surface area contributed by atoms with Crippen molar-refractivity contribution in [3.8, 4) is 23.3 Å². The number of nitrogens with two attached hydrogens (primary N) is 1. The number of hydrogen-bond acceptors (Lipinski definition) is 9. The van der Waals surface area contributed by atoms with Crippen LogP contribution < -0.4 is 15.5 Å². The summed E-state index contributed by atoms with van der Waals surface area (Å²) in [5.41, 5.74) is -0.281. The Labute approximate surface area is 313 Å². The molecule has 0 aliphatic heterocycles. The summed E-state index contributed by atoms with van der Waals surface area (Å²) in [7, 11) is -1.03. The first-order valence-electron chi connectivity index (χ1n) is 14.2. The number of nitriles is 1. The zero-order chi connectivity index (χ0) is 39.2. The lowest BCUT2D eigenvalue weighted by atomic mass is 10.2. The number of methoxy groups -OCH3 is 1. The number of hydroxylamine groups is 1. The molecule has 1 unspecified atom stereocenters. The van der Waals surface area contributed by atoms with E-state index in [1.165, 1.54) is 20.3 Å². The van der Waals surface area contributed by atoms with Crippen LogP contribution in [0.2, 0.25) is 15.1 Å². The van der Waals surface area contributed by atoms with E-state index in [0.29, 0.717) is 33.4 Å². The molecule has 1 atom stereocenters. The van der Waals surface area contributed by atoms with Gasteiger partial charge in [0, 0.05) is 22.8 Å². The molecular weight excluding hydrogens is 803 g/mol. The molecule has 12 nitrogen and oxygen atoms in total. The van der Waals surface area contributed by atoms with Gasteiger partial charge in [-0.1, -0.05) is 53.0 Å². The molecule has 0 aliphatic carbocycles. The zero-order valence-corrected chi connectivity index (χ0v) is 29.8. The Bertz CT molecular complexity index is 2150. The van der Waals surface area contributed by atoms with Gasteiger partial charge in [0.2, 0.25) is 5.88 Å². The molecule has 22 heteroatoms. The summed E-state index contributed by atoms with van der Waals surface area (Å²) in [6, 6.07) is 18.5. The molecule has 0 radical (unpaired) electrons. The second kappa shape index (κ2) is 16.8. The molecule has 3 aromatic carbocycles. The van der Waals surface area contributed by atoms with Gasteiger partial charge >= 0.3 is 17.8 Å². The Morgan fingerprint density at radius 2 is 1.60 bits per heavy atom. The second-order valence-electron chi connectivity index (χ2n) is 10.0. The highest BCUT2D eigenvalue weighted by atomic mass is 35.5. The van der Waals surface area contributed by atoms with Gasteiger partial charge < -0.3 is 15.2 Å². The minimum absolute atomic E-state index is 0.199. The Hall–Kier alpha value is -5.00. The number of carbonyl (C=O) groups is 1. The molecule has 2 aromatic heterocycles. The molecule has 5 aromatic rings. The third-order valence-corrected chi connectivity index (χ3v) is 8.72. The van der Waals surface area contributed by atoms with Crippen LogP contribution in [-0.4, -0.2) is 49.6 Å². The van der Waals surface area contributed by atoms with Crippen molar-refractivity contribution in [2.24, 2.45) is 0 Å². The molecule has 5 rings (SSSR count). The number of halogens is 9. The summed E-state index contributed by atoms with van der Waals surface area (Å²) in [6.07, 6.45) is -3.63. The van der Waals surface area contributed by atoms with E-state index in [-0.39, 0.29) is 6.61 Å². The summed E-state index contributed by atoms with van der Waals surface area (Å²) in [4.78, 5) is 15.8. The summed E-state index contributed by atoms with van der Waals surface area (Å²) >= 11 is 17.4. The van der Waals surface area contributed by atoms with Gasteiger partial charge in [-0.05, 0) is 42.5 Å². The minimum Gasteiger partial charge on any atom is -0.472 e. The lowest BCUT2D eigenvalue weighted by molar-refractivity contribution is -0.137. The van der Waals surface area contributed by atoms with Crippen LogP contribution in [0, 0.1) is 11.3 Å². The molecule has 0 spiro atoms. The summed E-state index contributed by atoms with van der Waals surface area (Å²) < 4.78 is 101. The number of anilines is 2. The van der Waals surface area contributed by atoms with Crippen molar-refractivity contribution in [2.45, 2.75) is 23.2 Å². The van der Waals surface area contributed by atoms with Crippen LogP contribution in [0.3, 0.4) is 0 Å². The minimum atomic E-state index is -5.25. The fourth-order valence-electron chi connectivity index (χ4n) is 4.35. The number of alkyl halides is 6. The van der Waals surface area contributed by atoms with Crippen LogP contribution in [0.25, 0.3) is 11.4 Å². The van der Waals surface area contributed by atoms with Crippen LogP contribution in [-0.2, 0) is 33.2 Å². The number of nitrogen functional groups attached to an aromatic ring is 1. The third-order valence-electron chi connectivity index (χ3n) is 6.70. The summed E-state index contributed by atoms with van der Waals surface area (Å²) in [6.45, 7) is 0.199. The molecule has 2 heterocycles. The number of amides is 1. The SMILES string of the molecule is COC(=O)N(OC)c1ccccc1COc1ccn(-c2ccc(Cl)cc2)n1.N#Cc1nn(-c2c(Cl)cc(C(F)(F)F)cc2Cl)c(N)c1S(=O)C(F)(F)F. The lowest BCUT2D eigenvalue weighted by Crippen LogP contribution is -2.30. The van der Waals surface area contributed by atoms with E-state index in [2.05, 4.69) is 10.2 Å². The number of benzene rings is 3. The van der Waals surface area contributed by atoms with Gasteiger partial charge in [-0.2, -0.15) is 41.8 Å². The predicted octanol–water partition coefficient (Wildman–Crippen LogP) is 8.52. The van der Waals surface area contributed by atoms with Gasteiger partial charge in [0.15, 0.2) is 16.5 Å². The quantitative estimate of drug-likeness (QED) is 0.120. The number of rotatable bonds is 8. The number of hydrogen-bond donors (Lipinski definition) is 1. The fraction of sp³-hybridized carbons (Fsp3) is 0.161. The van der Waals surface area contributed by atoms with Crippen molar-refractivity contribution >= 4 is 63.2 Å². The van der Waals surface area contributed by atoms with Crippen LogP contribution in [0.1, 0.15) is 16.8 Å². The lowest BCUT2D eigenvalue weighted by Gasteiger charge is -2.20. The van der Waals surface area contributed by atoms with Crippen molar-refractivity contribution in [3.05, 3.63) is 105 Å². The van der Waals surface area contributed by atoms with Crippen molar-refractivity contribution in [2.75, 3.05) is 25.0 Å². The molecule has 53 heavy (non-hydrogen) atoms. The monoisotopic (exact) mass is 823 g/mol. The van der Waals surface area contributed by atoms with Crippen molar-refractivity contribution < 1.29 is 49.7 Å². The molecule has 1 amide bonds. The van der Waals surface area contributed by atoms with Crippen LogP contribution in [0.15, 0.2) is 77.8 Å². The first kappa shape index (κ1) is 40.8. The predicted molar refractivity (Wildman–Crippen MR) is 181 cm³/mol. The third kappa shape index (κ3) is 9.52. The van der Waals surface area contributed by atoms with Crippen molar-refractivity contribution in [1.82, 2.24) is 19.6 Å². The van der Waals surface area contributed by atoms with E-state index >= 15 is 0 Å². The average molecular weight is 825 g/mol. The molecular formula is C31H22Cl3F6N7O5S. The number of ether oxygens (including phenoxy) is 2. The maximum Gasteiger partial charge on any atom is 0.476 e. The number of aromatic nitrogens is 4. The normalized spacial score (nSPS) is 12.0. The first-order valence-corrected chi connectivity index (χ1v) is 16.5. The van der Waals surface area contributed by atoms with Crippen LogP contribution in [0.4, 0.5) is 42.6 Å². The van der Waals surface area contributed by atoms with Crippen molar-refractivity contribution in [1.29, 1.82) is 5.26 Å². The standard InChI is InChI=1S/C19H18ClN3O4.C12H4Cl2F6N4OS/c1-25-19(24)23(26-2)17-6-4-3-5-14(17)13-27-18-11-12-22(21-18)16-9-7-15(20)8-10-16;13-5-1-4(11(15,16)17)2-6(14)8(5)24-10(22)9(7(3-21)23-24)26(25)12(18,19)20/h3-12H,13H2,1-2H3;1-2H,22H2. The Kier molecular flexibility index (Phi) is 12.9. The van der Waals surface area contributed by atoms with Crippen LogP contribution >= 0.6 is 34.8 Å². The largest absolute Gasteiger partial charge is 0.476 e. The van der Waals surface area contributed by atoms with Crippen LogP contribution in [0.5, 0.6) is 5.88 Å². The van der Waals surface area contributed by atoms with Gasteiger partial charge in [-0.15, -0.1) is 5.10 Å². The smallest absolute Gasteiger partial charge is 0.472 e. The maximum absolute atomic E-state index is 12.7. The van der Waals surface area contributed by atoms with Gasteiger partial charge in [-0.3, -0.25) is 4.84 Å². The second-order valence-corrected chi connectivity index (χ2v) is 12.7. The number of para-hydroxylation sites is 1. The van der Waals surface area contributed by atoms with Gasteiger partial charge in [0.1, 0.15) is 29.1 Å². The van der Waals surface area contributed by atoms with E-state index in [0.717, 1.165) is 16.3 Å². The topological polar surface area (TPSA) is 151 Å². The van der Waals surface area contributed by atoms with E-state index in [4.69, 9.17) is 60.1 Å². The van der Waals surface area contributed by atoms with Gasteiger partial charge in [0.25, 0.3) is 0 Å². The highest BCUT2D eigenvalue weighted by Gasteiger charge is 2.43. The summed E-state index contributed by atoms with van der Waals surface area (Å²) in [5, 5.41) is 17.2. The molecule has 0 fully saturated rings.